The molecule has 1 rings (SSSR count). The second-order valence-electron chi connectivity index (χ2n) is 3.82. The first-order valence-electron chi connectivity index (χ1n) is 5.52. The Balaban J connectivity index is 2.41. The number of hydrogen-bond donors (Lipinski definition) is 1. The van der Waals surface area contributed by atoms with Gasteiger partial charge in [-0.25, -0.2) is 0 Å². The summed E-state index contributed by atoms with van der Waals surface area (Å²) in [5.41, 5.74) is 1.08. The third-order valence-corrected chi connectivity index (χ3v) is 2.56. The average Bonchev–Trinajstić information content (AvgIpc) is 2.35. The molecule has 0 bridgehead atoms. The molecule has 1 aromatic heterocycles. The standard InChI is InChI=1S/C12H19N3O/c1-4-15(3)12(16)10(2)14-9-11-6-5-7-13-8-11/h5-8,10,14H,4,9H2,1-3H3. The first-order valence-corrected chi connectivity index (χ1v) is 5.52. The molecule has 1 heterocycles. The number of carbonyl (C=O) groups is 1. The van der Waals surface area contributed by atoms with Gasteiger partial charge in [0.2, 0.25) is 5.91 Å². The highest BCUT2D eigenvalue weighted by atomic mass is 16.2. The number of nitrogens with one attached hydrogen (secondary N) is 1. The largest absolute Gasteiger partial charge is 0.345 e. The van der Waals surface area contributed by atoms with E-state index in [2.05, 4.69) is 10.3 Å². The summed E-state index contributed by atoms with van der Waals surface area (Å²) in [5.74, 6) is 0.117. The molecule has 0 saturated carbocycles. The van der Waals surface area contributed by atoms with Crippen LogP contribution in [-0.4, -0.2) is 35.4 Å². The third-order valence-electron chi connectivity index (χ3n) is 2.56. The SMILES string of the molecule is CCN(C)C(=O)C(C)NCc1cccnc1. The summed E-state index contributed by atoms with van der Waals surface area (Å²) in [6, 6.07) is 3.72. The molecular weight excluding hydrogens is 202 g/mol. The fourth-order valence-corrected chi connectivity index (χ4v) is 1.35. The first kappa shape index (κ1) is 12.6. The number of nitrogens with zero attached hydrogens (tertiary/aromatic N) is 2. The van der Waals surface area contributed by atoms with Crippen LogP contribution in [0.4, 0.5) is 0 Å². The minimum absolute atomic E-state index is 0.117. The molecule has 0 aliphatic heterocycles. The normalized spacial score (nSPS) is 12.2. The predicted molar refractivity (Wildman–Crippen MR) is 63.8 cm³/mol. The van der Waals surface area contributed by atoms with E-state index in [1.165, 1.54) is 0 Å². The van der Waals surface area contributed by atoms with Crippen molar-refractivity contribution in [1.29, 1.82) is 0 Å². The van der Waals surface area contributed by atoms with Crippen LogP contribution in [0.25, 0.3) is 0 Å². The average molecular weight is 221 g/mol. The van der Waals surface area contributed by atoms with Crippen molar-refractivity contribution in [2.24, 2.45) is 0 Å². The maximum absolute atomic E-state index is 11.7. The van der Waals surface area contributed by atoms with E-state index in [4.69, 9.17) is 0 Å². The summed E-state index contributed by atoms with van der Waals surface area (Å²) in [6.45, 7) is 5.24. The topological polar surface area (TPSA) is 45.2 Å². The van der Waals surface area contributed by atoms with Gasteiger partial charge in [0.25, 0.3) is 0 Å². The first-order chi connectivity index (χ1) is 7.65. The molecule has 4 nitrogen and oxygen atoms in total. The van der Waals surface area contributed by atoms with E-state index in [1.54, 1.807) is 17.3 Å². The van der Waals surface area contributed by atoms with Gasteiger partial charge in [0.1, 0.15) is 0 Å². The molecule has 4 heteroatoms. The zero-order chi connectivity index (χ0) is 12.0. The van der Waals surface area contributed by atoms with Crippen LogP contribution in [0.15, 0.2) is 24.5 Å². The maximum atomic E-state index is 11.7. The lowest BCUT2D eigenvalue weighted by Gasteiger charge is -2.20. The van der Waals surface area contributed by atoms with Crippen LogP contribution in [-0.2, 0) is 11.3 Å². The predicted octanol–water partition coefficient (Wildman–Crippen LogP) is 1.04. The molecule has 0 aliphatic carbocycles. The molecule has 0 spiro atoms. The number of aromatic nitrogens is 1. The van der Waals surface area contributed by atoms with Gasteiger partial charge in [-0.2, -0.15) is 0 Å². The monoisotopic (exact) mass is 221 g/mol. The van der Waals surface area contributed by atoms with Crippen molar-refractivity contribution in [3.63, 3.8) is 0 Å². The molecule has 1 aromatic rings. The number of carbonyl (C=O) groups excluding carboxylic acids is 1. The maximum Gasteiger partial charge on any atom is 0.239 e. The summed E-state index contributed by atoms with van der Waals surface area (Å²) in [7, 11) is 1.81. The Hall–Kier alpha value is -1.42. The number of hydrogen-bond acceptors (Lipinski definition) is 3. The minimum atomic E-state index is -0.162. The van der Waals surface area contributed by atoms with Crippen LogP contribution >= 0.6 is 0 Å². The van der Waals surface area contributed by atoms with Crippen LogP contribution < -0.4 is 5.32 Å². The third kappa shape index (κ3) is 3.62. The second kappa shape index (κ2) is 6.23. The molecular formula is C12H19N3O. The van der Waals surface area contributed by atoms with Gasteiger partial charge in [-0.15, -0.1) is 0 Å². The zero-order valence-electron chi connectivity index (χ0n) is 10.1. The zero-order valence-corrected chi connectivity index (χ0v) is 10.1. The van der Waals surface area contributed by atoms with Crippen molar-refractivity contribution in [2.75, 3.05) is 13.6 Å². The van der Waals surface area contributed by atoms with Gasteiger partial charge < -0.3 is 10.2 Å². The van der Waals surface area contributed by atoms with Crippen LogP contribution in [0, 0.1) is 0 Å². The molecule has 88 valence electrons. The quantitative estimate of drug-likeness (QED) is 0.808. The van der Waals surface area contributed by atoms with Crippen LogP contribution in [0.3, 0.4) is 0 Å². The molecule has 0 aromatic carbocycles. The molecule has 1 atom stereocenters. The summed E-state index contributed by atoms with van der Waals surface area (Å²) in [4.78, 5) is 17.5. The summed E-state index contributed by atoms with van der Waals surface area (Å²) in [6.07, 6.45) is 3.54. The van der Waals surface area contributed by atoms with Crippen molar-refractivity contribution in [2.45, 2.75) is 26.4 Å². The summed E-state index contributed by atoms with van der Waals surface area (Å²) >= 11 is 0. The Morgan fingerprint density at radius 3 is 2.94 bits per heavy atom. The molecule has 0 aliphatic rings. The van der Waals surface area contributed by atoms with Crippen molar-refractivity contribution in [1.82, 2.24) is 15.2 Å². The van der Waals surface area contributed by atoms with E-state index in [-0.39, 0.29) is 11.9 Å². The van der Waals surface area contributed by atoms with Gasteiger partial charge in [-0.05, 0) is 25.5 Å². The molecule has 1 unspecified atom stereocenters. The van der Waals surface area contributed by atoms with E-state index in [0.29, 0.717) is 6.54 Å². The fourth-order valence-electron chi connectivity index (χ4n) is 1.35. The Morgan fingerprint density at radius 2 is 2.38 bits per heavy atom. The van der Waals surface area contributed by atoms with E-state index >= 15 is 0 Å². The Morgan fingerprint density at radius 1 is 1.62 bits per heavy atom. The lowest BCUT2D eigenvalue weighted by molar-refractivity contribution is -0.131. The molecule has 0 saturated heterocycles. The van der Waals surface area contributed by atoms with Crippen molar-refractivity contribution in [3.8, 4) is 0 Å². The van der Waals surface area contributed by atoms with E-state index < -0.39 is 0 Å². The lowest BCUT2D eigenvalue weighted by Crippen LogP contribution is -2.42. The van der Waals surface area contributed by atoms with Gasteiger partial charge in [-0.3, -0.25) is 9.78 Å². The number of pyridine rings is 1. The van der Waals surface area contributed by atoms with Gasteiger partial charge in [0.15, 0.2) is 0 Å². The van der Waals surface area contributed by atoms with E-state index in [1.807, 2.05) is 33.0 Å². The molecule has 1 N–H and O–H groups in total. The summed E-state index contributed by atoms with van der Waals surface area (Å²) in [5, 5.41) is 3.18. The number of likely N-dealkylation sites (N-methyl/N-ethyl adjacent to an activating group) is 1. The lowest BCUT2D eigenvalue weighted by atomic mass is 10.2. The minimum Gasteiger partial charge on any atom is -0.345 e. The highest BCUT2D eigenvalue weighted by Gasteiger charge is 2.15. The van der Waals surface area contributed by atoms with E-state index in [0.717, 1.165) is 12.1 Å². The highest BCUT2D eigenvalue weighted by Crippen LogP contribution is 1.97. The Labute approximate surface area is 96.7 Å². The Kier molecular flexibility index (Phi) is 4.92. The van der Waals surface area contributed by atoms with Crippen LogP contribution in [0.2, 0.25) is 0 Å². The van der Waals surface area contributed by atoms with E-state index in [9.17, 15) is 4.79 Å². The number of amides is 1. The van der Waals surface area contributed by atoms with Gasteiger partial charge in [-0.1, -0.05) is 6.07 Å². The van der Waals surface area contributed by atoms with Gasteiger partial charge in [0.05, 0.1) is 6.04 Å². The molecule has 1 amide bonds. The van der Waals surface area contributed by atoms with Gasteiger partial charge >= 0.3 is 0 Å². The highest BCUT2D eigenvalue weighted by molar-refractivity contribution is 5.81. The van der Waals surface area contributed by atoms with Crippen molar-refractivity contribution < 1.29 is 4.79 Å². The smallest absolute Gasteiger partial charge is 0.239 e. The van der Waals surface area contributed by atoms with Crippen molar-refractivity contribution >= 4 is 5.91 Å². The number of rotatable bonds is 5. The van der Waals surface area contributed by atoms with Crippen molar-refractivity contribution in [3.05, 3.63) is 30.1 Å². The molecule has 0 radical (unpaired) electrons. The summed E-state index contributed by atoms with van der Waals surface area (Å²) < 4.78 is 0. The van der Waals surface area contributed by atoms with Gasteiger partial charge in [0, 0.05) is 32.5 Å². The second-order valence-corrected chi connectivity index (χ2v) is 3.82. The molecule has 0 fully saturated rings. The van der Waals surface area contributed by atoms with Crippen LogP contribution in [0.1, 0.15) is 19.4 Å². The fraction of sp³-hybridized carbons (Fsp3) is 0.500. The Bertz CT molecular complexity index is 326. The molecule has 16 heavy (non-hydrogen) atoms. The van der Waals surface area contributed by atoms with Crippen LogP contribution in [0.5, 0.6) is 0 Å².